The number of carbonyl (C=O) groups is 1. The smallest absolute Gasteiger partial charge is 0.248 e. The van der Waals surface area contributed by atoms with Crippen molar-refractivity contribution < 1.29 is 9.53 Å². The molecule has 18 heavy (non-hydrogen) atoms. The van der Waals surface area contributed by atoms with Gasteiger partial charge in [0.2, 0.25) is 5.91 Å². The van der Waals surface area contributed by atoms with Crippen LogP contribution in [-0.4, -0.2) is 24.7 Å². The van der Waals surface area contributed by atoms with Gasteiger partial charge in [0.1, 0.15) is 0 Å². The van der Waals surface area contributed by atoms with Gasteiger partial charge in [-0.15, -0.1) is 0 Å². The van der Waals surface area contributed by atoms with Crippen molar-refractivity contribution in [3.05, 3.63) is 34.3 Å². The number of primary amides is 1. The van der Waals surface area contributed by atoms with E-state index in [1.165, 1.54) is 0 Å². The highest BCUT2D eigenvalue weighted by Crippen LogP contribution is 2.21. The Bertz CT molecular complexity index is 456. The van der Waals surface area contributed by atoms with E-state index >= 15 is 0 Å². The van der Waals surface area contributed by atoms with Gasteiger partial charge in [0, 0.05) is 29.3 Å². The Kier molecular flexibility index (Phi) is 3.90. The first-order valence-corrected chi connectivity index (χ1v) is 6.29. The number of carbonyl (C=O) groups excluding carboxylic acids is 1. The van der Waals surface area contributed by atoms with Crippen molar-refractivity contribution in [2.45, 2.75) is 25.4 Å². The third kappa shape index (κ3) is 3.02. The molecule has 1 fully saturated rings. The molecule has 0 aromatic heterocycles. The molecule has 1 heterocycles. The number of benzene rings is 1. The molecule has 0 bridgehead atoms. The summed E-state index contributed by atoms with van der Waals surface area (Å²) in [7, 11) is 0. The van der Waals surface area contributed by atoms with E-state index in [0.717, 1.165) is 18.6 Å². The third-order valence-corrected chi connectivity index (χ3v) is 3.61. The molecular weight excluding hydrogens is 252 g/mol. The zero-order valence-corrected chi connectivity index (χ0v) is 11.1. The van der Waals surface area contributed by atoms with Gasteiger partial charge in [-0.1, -0.05) is 17.7 Å². The number of halogens is 1. The predicted octanol–water partition coefficient (Wildman–Crippen LogP) is 1.71. The molecule has 1 aliphatic rings. The fraction of sp³-hybridized carbons (Fsp3) is 0.462. The first-order chi connectivity index (χ1) is 8.50. The van der Waals surface area contributed by atoms with Crippen LogP contribution in [0.5, 0.6) is 0 Å². The molecule has 2 rings (SSSR count). The maximum absolute atomic E-state index is 11.0. The fourth-order valence-electron chi connectivity index (χ4n) is 1.96. The lowest BCUT2D eigenvalue weighted by atomic mass is 10.0. The Morgan fingerprint density at radius 2 is 2.39 bits per heavy atom. The highest BCUT2D eigenvalue weighted by Gasteiger charge is 2.28. The monoisotopic (exact) mass is 268 g/mol. The minimum Gasteiger partial charge on any atom is -0.379 e. The second-order valence-electron chi connectivity index (χ2n) is 4.89. The quantitative estimate of drug-likeness (QED) is 0.874. The highest BCUT2D eigenvalue weighted by molar-refractivity contribution is 6.31. The molecule has 0 saturated carbocycles. The first kappa shape index (κ1) is 13.3. The number of hydrogen-bond acceptors (Lipinski definition) is 3. The Labute approximate surface area is 111 Å². The van der Waals surface area contributed by atoms with Crippen LogP contribution in [0.4, 0.5) is 0 Å². The van der Waals surface area contributed by atoms with E-state index in [2.05, 4.69) is 12.2 Å². The molecule has 1 aromatic carbocycles. The summed E-state index contributed by atoms with van der Waals surface area (Å²) in [5.41, 5.74) is 6.59. The Hall–Kier alpha value is -1.10. The third-order valence-electron chi connectivity index (χ3n) is 3.26. The molecule has 0 spiro atoms. The number of amides is 1. The highest BCUT2D eigenvalue weighted by atomic mass is 35.5. The lowest BCUT2D eigenvalue weighted by molar-refractivity contribution is 0.100. The maximum Gasteiger partial charge on any atom is 0.248 e. The van der Waals surface area contributed by atoms with E-state index < -0.39 is 5.91 Å². The lowest BCUT2D eigenvalue weighted by Crippen LogP contribution is -2.42. The van der Waals surface area contributed by atoms with Crippen LogP contribution in [0.3, 0.4) is 0 Å². The van der Waals surface area contributed by atoms with Crippen molar-refractivity contribution >= 4 is 17.5 Å². The largest absolute Gasteiger partial charge is 0.379 e. The van der Waals surface area contributed by atoms with Crippen LogP contribution in [0.1, 0.15) is 29.3 Å². The van der Waals surface area contributed by atoms with Crippen LogP contribution in [-0.2, 0) is 11.3 Å². The van der Waals surface area contributed by atoms with Crippen molar-refractivity contribution in [3.8, 4) is 0 Å². The Morgan fingerprint density at radius 1 is 1.61 bits per heavy atom. The molecule has 5 heteroatoms. The van der Waals surface area contributed by atoms with Gasteiger partial charge in [-0.05, 0) is 31.0 Å². The summed E-state index contributed by atoms with van der Waals surface area (Å²) in [4.78, 5) is 11.0. The van der Waals surface area contributed by atoms with Gasteiger partial charge < -0.3 is 15.8 Å². The number of nitrogens with two attached hydrogens (primary N) is 1. The molecule has 0 aliphatic carbocycles. The van der Waals surface area contributed by atoms with E-state index in [-0.39, 0.29) is 5.54 Å². The minimum atomic E-state index is -0.465. The van der Waals surface area contributed by atoms with E-state index in [1.54, 1.807) is 12.1 Å². The average molecular weight is 269 g/mol. The second-order valence-corrected chi connectivity index (χ2v) is 5.29. The van der Waals surface area contributed by atoms with Crippen LogP contribution in [0.25, 0.3) is 0 Å². The molecule has 1 aliphatic heterocycles. The predicted molar refractivity (Wildman–Crippen MR) is 70.7 cm³/mol. The molecular formula is C13H17ClN2O2. The van der Waals surface area contributed by atoms with Crippen LogP contribution in [0.2, 0.25) is 5.02 Å². The SMILES string of the molecule is CC1(NCc2ccc(C(N)=O)cc2Cl)CCOC1. The van der Waals surface area contributed by atoms with Gasteiger partial charge in [0.25, 0.3) is 0 Å². The Morgan fingerprint density at radius 3 is 2.94 bits per heavy atom. The van der Waals surface area contributed by atoms with Gasteiger partial charge >= 0.3 is 0 Å². The summed E-state index contributed by atoms with van der Waals surface area (Å²) in [5.74, 6) is -0.465. The summed E-state index contributed by atoms with van der Waals surface area (Å²) < 4.78 is 5.37. The van der Waals surface area contributed by atoms with Crippen LogP contribution in [0.15, 0.2) is 18.2 Å². The van der Waals surface area contributed by atoms with E-state index in [9.17, 15) is 4.79 Å². The number of hydrogen-bond donors (Lipinski definition) is 2. The molecule has 4 nitrogen and oxygen atoms in total. The van der Waals surface area contributed by atoms with E-state index in [1.807, 2.05) is 6.07 Å². The zero-order valence-electron chi connectivity index (χ0n) is 10.3. The van der Waals surface area contributed by atoms with Crippen molar-refractivity contribution in [1.29, 1.82) is 0 Å². The van der Waals surface area contributed by atoms with Gasteiger partial charge in [-0.25, -0.2) is 0 Å². The molecule has 1 saturated heterocycles. The second kappa shape index (κ2) is 5.26. The van der Waals surface area contributed by atoms with Gasteiger partial charge in [-0.3, -0.25) is 4.79 Å². The van der Waals surface area contributed by atoms with Crippen molar-refractivity contribution in [2.24, 2.45) is 5.73 Å². The van der Waals surface area contributed by atoms with E-state index in [4.69, 9.17) is 22.1 Å². The average Bonchev–Trinajstić information content (AvgIpc) is 2.75. The lowest BCUT2D eigenvalue weighted by Gasteiger charge is -2.24. The fourth-order valence-corrected chi connectivity index (χ4v) is 2.21. The first-order valence-electron chi connectivity index (χ1n) is 5.91. The normalized spacial score (nSPS) is 23.2. The van der Waals surface area contributed by atoms with Gasteiger partial charge in [0.15, 0.2) is 0 Å². The summed E-state index contributed by atoms with van der Waals surface area (Å²) >= 11 is 6.13. The van der Waals surface area contributed by atoms with Gasteiger partial charge in [-0.2, -0.15) is 0 Å². The maximum atomic E-state index is 11.0. The summed E-state index contributed by atoms with van der Waals surface area (Å²) in [5, 5.41) is 3.99. The van der Waals surface area contributed by atoms with Crippen molar-refractivity contribution in [2.75, 3.05) is 13.2 Å². The number of nitrogens with one attached hydrogen (secondary N) is 1. The number of rotatable bonds is 4. The standard InChI is InChI=1S/C13H17ClN2O2/c1-13(4-5-18-8-13)16-7-10-3-2-9(12(15)17)6-11(10)14/h2-3,6,16H,4-5,7-8H2,1H3,(H2,15,17). The molecule has 98 valence electrons. The summed E-state index contributed by atoms with van der Waals surface area (Å²) in [6.07, 6.45) is 0.990. The Balaban J connectivity index is 2.03. The van der Waals surface area contributed by atoms with Crippen LogP contribution < -0.4 is 11.1 Å². The summed E-state index contributed by atoms with van der Waals surface area (Å²) in [6, 6.07) is 5.13. The van der Waals surface area contributed by atoms with Gasteiger partial charge in [0.05, 0.1) is 6.61 Å². The molecule has 1 amide bonds. The van der Waals surface area contributed by atoms with Crippen molar-refractivity contribution in [3.63, 3.8) is 0 Å². The van der Waals surface area contributed by atoms with Crippen LogP contribution in [0, 0.1) is 0 Å². The van der Waals surface area contributed by atoms with Crippen molar-refractivity contribution in [1.82, 2.24) is 5.32 Å². The molecule has 3 N–H and O–H groups in total. The van der Waals surface area contributed by atoms with E-state index in [0.29, 0.717) is 23.7 Å². The number of ether oxygens (including phenoxy) is 1. The van der Waals surface area contributed by atoms with Crippen LogP contribution >= 0.6 is 11.6 Å². The zero-order chi connectivity index (χ0) is 13.2. The topological polar surface area (TPSA) is 64.3 Å². The minimum absolute atomic E-state index is 0.00564. The molecule has 1 aromatic rings. The summed E-state index contributed by atoms with van der Waals surface area (Å²) in [6.45, 7) is 4.28. The molecule has 1 atom stereocenters. The molecule has 0 radical (unpaired) electrons. The molecule has 1 unspecified atom stereocenters.